The molecule has 2 aromatic heterocycles. The number of piperidine rings is 1. The molecule has 0 spiro atoms. The second-order valence-electron chi connectivity index (χ2n) is 7.98. The number of hydrogen-bond acceptors (Lipinski definition) is 7. The number of anilines is 3. The molecule has 29 heavy (non-hydrogen) atoms. The van der Waals surface area contributed by atoms with Crippen molar-refractivity contribution in [1.82, 2.24) is 20.3 Å². The first kappa shape index (κ1) is 21.7. The number of aliphatic hydroxyl groups is 1. The lowest BCUT2D eigenvalue weighted by molar-refractivity contribution is 0.126. The van der Waals surface area contributed by atoms with E-state index in [4.69, 9.17) is 4.98 Å². The van der Waals surface area contributed by atoms with Gasteiger partial charge >= 0.3 is 0 Å². The van der Waals surface area contributed by atoms with Gasteiger partial charge in [0.1, 0.15) is 5.82 Å². The zero-order chi connectivity index (χ0) is 19.3. The van der Waals surface area contributed by atoms with Gasteiger partial charge in [0.05, 0.1) is 6.10 Å². The van der Waals surface area contributed by atoms with Crippen LogP contribution >= 0.6 is 12.4 Å². The van der Waals surface area contributed by atoms with Crippen molar-refractivity contribution in [3.8, 4) is 0 Å². The minimum Gasteiger partial charge on any atom is -0.393 e. The van der Waals surface area contributed by atoms with E-state index >= 15 is 0 Å². The molecule has 158 valence electrons. The van der Waals surface area contributed by atoms with Gasteiger partial charge in [-0.1, -0.05) is 0 Å². The van der Waals surface area contributed by atoms with Crippen molar-refractivity contribution < 1.29 is 5.11 Å². The molecule has 0 radical (unpaired) electrons. The predicted molar refractivity (Wildman–Crippen MR) is 118 cm³/mol. The van der Waals surface area contributed by atoms with E-state index in [-0.39, 0.29) is 18.5 Å². The number of aryl methyl sites for hydroxylation is 1. The summed E-state index contributed by atoms with van der Waals surface area (Å²) in [5.74, 6) is 2.02. The Morgan fingerprint density at radius 3 is 2.55 bits per heavy atom. The Bertz CT molecular complexity index is 790. The van der Waals surface area contributed by atoms with Gasteiger partial charge in [-0.2, -0.15) is 4.98 Å². The van der Waals surface area contributed by atoms with Crippen molar-refractivity contribution >= 4 is 29.9 Å². The van der Waals surface area contributed by atoms with E-state index in [0.29, 0.717) is 17.9 Å². The van der Waals surface area contributed by atoms with E-state index in [2.05, 4.69) is 25.9 Å². The number of aliphatic hydroxyl groups excluding tert-OH is 1. The fourth-order valence-electron chi connectivity index (χ4n) is 4.16. The molecule has 7 nitrogen and oxygen atoms in total. The van der Waals surface area contributed by atoms with Crippen LogP contribution < -0.4 is 16.0 Å². The van der Waals surface area contributed by atoms with Gasteiger partial charge in [0.2, 0.25) is 5.95 Å². The summed E-state index contributed by atoms with van der Waals surface area (Å²) in [6, 6.07) is 4.27. The van der Waals surface area contributed by atoms with Crippen LogP contribution in [0.25, 0.3) is 0 Å². The summed E-state index contributed by atoms with van der Waals surface area (Å²) in [7, 11) is 0. The highest BCUT2D eigenvalue weighted by molar-refractivity contribution is 5.85. The zero-order valence-electron chi connectivity index (χ0n) is 16.9. The average Bonchev–Trinajstić information content (AvgIpc) is 2.71. The van der Waals surface area contributed by atoms with Crippen LogP contribution in [-0.4, -0.2) is 45.3 Å². The molecule has 2 aliphatic rings. The van der Waals surface area contributed by atoms with E-state index in [9.17, 15) is 5.11 Å². The Labute approximate surface area is 178 Å². The summed E-state index contributed by atoms with van der Waals surface area (Å²) < 4.78 is 0. The van der Waals surface area contributed by atoms with Crippen LogP contribution in [0.3, 0.4) is 0 Å². The molecule has 1 aliphatic carbocycles. The maximum Gasteiger partial charge on any atom is 0.229 e. The molecule has 4 rings (SSSR count). The highest BCUT2D eigenvalue weighted by Crippen LogP contribution is 2.32. The van der Waals surface area contributed by atoms with Gasteiger partial charge in [-0.3, -0.25) is 4.98 Å². The molecule has 0 amide bonds. The number of pyridine rings is 1. The first-order valence-corrected chi connectivity index (χ1v) is 10.4. The van der Waals surface area contributed by atoms with Crippen molar-refractivity contribution in [2.45, 2.75) is 63.5 Å². The molecule has 3 heterocycles. The molecule has 2 fully saturated rings. The monoisotopic (exact) mass is 418 g/mol. The van der Waals surface area contributed by atoms with E-state index in [1.807, 2.05) is 25.3 Å². The lowest BCUT2D eigenvalue weighted by atomic mass is 9.90. The molecule has 0 unspecified atom stereocenters. The van der Waals surface area contributed by atoms with Crippen LogP contribution in [0.5, 0.6) is 0 Å². The molecule has 0 bridgehead atoms. The number of rotatable bonds is 5. The first-order chi connectivity index (χ1) is 13.7. The van der Waals surface area contributed by atoms with Gasteiger partial charge in [0, 0.05) is 35.4 Å². The van der Waals surface area contributed by atoms with Gasteiger partial charge in [-0.15, -0.1) is 12.4 Å². The molecule has 0 aromatic carbocycles. The summed E-state index contributed by atoms with van der Waals surface area (Å²) in [4.78, 5) is 13.7. The average molecular weight is 419 g/mol. The largest absolute Gasteiger partial charge is 0.393 e. The highest BCUT2D eigenvalue weighted by Gasteiger charge is 2.24. The third-order valence-corrected chi connectivity index (χ3v) is 5.79. The molecular weight excluding hydrogens is 388 g/mol. The van der Waals surface area contributed by atoms with E-state index < -0.39 is 0 Å². The smallest absolute Gasteiger partial charge is 0.229 e. The molecule has 8 heteroatoms. The predicted octanol–water partition coefficient (Wildman–Crippen LogP) is 3.53. The topological polar surface area (TPSA) is 95.0 Å². The number of nitrogens with zero attached hydrogens (tertiary/aromatic N) is 3. The third kappa shape index (κ3) is 5.78. The minimum absolute atomic E-state index is 0. The molecular formula is C21H31ClN6O. The van der Waals surface area contributed by atoms with Crippen molar-refractivity contribution in [2.24, 2.45) is 0 Å². The number of hydrogen-bond donors (Lipinski definition) is 4. The number of nitrogens with one attached hydrogen (secondary N) is 3. The van der Waals surface area contributed by atoms with Crippen LogP contribution in [0, 0.1) is 6.92 Å². The van der Waals surface area contributed by atoms with E-state index in [1.165, 1.54) is 5.56 Å². The SMILES string of the molecule is Cc1cc(Nc2ncc(C3CCNCC3)c(N[C@H]3CC[C@H](O)CC3)n2)ccn1.Cl. The molecule has 1 aliphatic heterocycles. The van der Waals surface area contributed by atoms with Crippen molar-refractivity contribution in [2.75, 3.05) is 23.7 Å². The second kappa shape index (κ2) is 10.2. The highest BCUT2D eigenvalue weighted by atomic mass is 35.5. The minimum atomic E-state index is -0.153. The summed E-state index contributed by atoms with van der Waals surface area (Å²) in [5, 5.41) is 20.2. The van der Waals surface area contributed by atoms with Crippen LogP contribution in [0.2, 0.25) is 0 Å². The Morgan fingerprint density at radius 1 is 1.07 bits per heavy atom. The summed E-state index contributed by atoms with van der Waals surface area (Å²) in [6.07, 6.45) is 9.49. The van der Waals surface area contributed by atoms with Gasteiger partial charge < -0.3 is 21.1 Å². The lowest BCUT2D eigenvalue weighted by Crippen LogP contribution is -2.30. The second-order valence-corrected chi connectivity index (χ2v) is 7.98. The molecule has 4 N–H and O–H groups in total. The van der Waals surface area contributed by atoms with Crippen molar-refractivity contribution in [3.63, 3.8) is 0 Å². The number of halogens is 1. The molecule has 1 saturated heterocycles. The third-order valence-electron chi connectivity index (χ3n) is 5.79. The standard InChI is InChI=1S/C21H30N6O.ClH/c1-14-12-17(8-11-23-14)26-21-24-13-19(15-6-9-22-10-7-15)20(27-21)25-16-2-4-18(28)5-3-16;/h8,11-13,15-16,18,22,28H,2-7,9-10H2,1H3,(H2,23,24,25,26,27);1H/t16-,18-;. The van der Waals surface area contributed by atoms with Crippen molar-refractivity contribution in [1.29, 1.82) is 0 Å². The van der Waals surface area contributed by atoms with E-state index in [1.54, 1.807) is 6.20 Å². The maximum atomic E-state index is 9.81. The Kier molecular flexibility index (Phi) is 7.64. The lowest BCUT2D eigenvalue weighted by Gasteiger charge is -2.29. The molecule has 2 aromatic rings. The number of aromatic nitrogens is 3. The Morgan fingerprint density at radius 2 is 1.83 bits per heavy atom. The fraction of sp³-hybridized carbons (Fsp3) is 0.571. The molecule has 1 saturated carbocycles. The Hall–Kier alpha value is -1.96. The van der Waals surface area contributed by atoms with E-state index in [0.717, 1.165) is 68.8 Å². The zero-order valence-corrected chi connectivity index (χ0v) is 17.7. The summed E-state index contributed by atoms with van der Waals surface area (Å²) in [5.41, 5.74) is 3.10. The summed E-state index contributed by atoms with van der Waals surface area (Å²) >= 11 is 0. The summed E-state index contributed by atoms with van der Waals surface area (Å²) in [6.45, 7) is 4.04. The molecule has 0 atom stereocenters. The van der Waals surface area contributed by atoms with Crippen molar-refractivity contribution in [3.05, 3.63) is 35.8 Å². The van der Waals surface area contributed by atoms with Gasteiger partial charge in [-0.25, -0.2) is 4.98 Å². The van der Waals surface area contributed by atoms with Crippen LogP contribution in [0.4, 0.5) is 17.5 Å². The Balaban J connectivity index is 0.00000240. The van der Waals surface area contributed by atoms with Crippen LogP contribution in [0.15, 0.2) is 24.5 Å². The van der Waals surface area contributed by atoms with Gasteiger partial charge in [0.25, 0.3) is 0 Å². The van der Waals surface area contributed by atoms with Crippen LogP contribution in [0.1, 0.15) is 55.7 Å². The van der Waals surface area contributed by atoms with Gasteiger partial charge in [-0.05, 0) is 76.6 Å². The fourth-order valence-corrected chi connectivity index (χ4v) is 4.16. The normalized spacial score (nSPS) is 22.6. The van der Waals surface area contributed by atoms with Gasteiger partial charge in [0.15, 0.2) is 0 Å². The first-order valence-electron chi connectivity index (χ1n) is 10.4. The quantitative estimate of drug-likeness (QED) is 0.590. The van der Waals surface area contributed by atoms with Crippen LogP contribution in [-0.2, 0) is 0 Å². The maximum absolute atomic E-state index is 9.81.